The smallest absolute Gasteiger partial charge is 0.298 e. The zero-order valence-electron chi connectivity index (χ0n) is 8.90. The summed E-state index contributed by atoms with van der Waals surface area (Å²) in [6.07, 6.45) is -8.29. The lowest BCUT2D eigenvalue weighted by Crippen LogP contribution is -2.12. The molecule has 0 radical (unpaired) electrons. The molecule has 0 saturated heterocycles. The van der Waals surface area contributed by atoms with Crippen molar-refractivity contribution >= 4 is 21.7 Å². The van der Waals surface area contributed by atoms with Crippen LogP contribution in [0.3, 0.4) is 0 Å². The Labute approximate surface area is 108 Å². The van der Waals surface area contributed by atoms with E-state index in [0.717, 1.165) is 6.07 Å². The van der Waals surface area contributed by atoms with Gasteiger partial charge in [-0.05, 0) is 11.6 Å². The molecule has 0 unspecified atom stereocenters. The molecule has 1 aromatic rings. The van der Waals surface area contributed by atoms with Crippen LogP contribution in [0.25, 0.3) is 0 Å². The summed E-state index contributed by atoms with van der Waals surface area (Å²) in [5, 5.41) is 0.00491. The molecule has 0 aliphatic carbocycles. The van der Waals surface area contributed by atoms with Crippen LogP contribution in [-0.4, -0.2) is 11.1 Å². The van der Waals surface area contributed by atoms with Crippen molar-refractivity contribution in [1.82, 2.24) is 0 Å². The lowest BCUT2D eigenvalue weighted by molar-refractivity contribution is -0.139. The Morgan fingerprint density at radius 2 is 1.89 bits per heavy atom. The van der Waals surface area contributed by atoms with Crippen LogP contribution in [0.5, 0.6) is 0 Å². The van der Waals surface area contributed by atoms with Crippen molar-refractivity contribution in [3.63, 3.8) is 0 Å². The van der Waals surface area contributed by atoms with Gasteiger partial charge in [-0.15, -0.1) is 0 Å². The summed E-state index contributed by atoms with van der Waals surface area (Å²) < 4.78 is 62.6. The molecule has 0 atom stereocenters. The van der Waals surface area contributed by atoms with E-state index in [1.54, 1.807) is 0 Å². The molecule has 1 nitrogen and oxygen atoms in total. The molecular formula is C11H8BrF5O. The molecule has 18 heavy (non-hydrogen) atoms. The van der Waals surface area contributed by atoms with Gasteiger partial charge in [0.25, 0.3) is 6.43 Å². The van der Waals surface area contributed by atoms with Crippen molar-refractivity contribution in [1.29, 1.82) is 0 Å². The zero-order chi connectivity index (χ0) is 13.9. The standard InChI is InChI=1S/C11H8BrF5O/c12-5-7(18)3-6-1-2-8(10(13)14)9(4-6)11(15,16)17/h1-2,4,10H,3,5H2. The van der Waals surface area contributed by atoms with Crippen molar-refractivity contribution in [3.8, 4) is 0 Å². The van der Waals surface area contributed by atoms with Crippen LogP contribution >= 0.6 is 15.9 Å². The number of alkyl halides is 6. The maximum atomic E-state index is 12.6. The fraction of sp³-hybridized carbons (Fsp3) is 0.364. The number of halogens is 6. The first-order valence-electron chi connectivity index (χ1n) is 4.81. The first-order chi connectivity index (χ1) is 8.25. The minimum absolute atomic E-state index is 0.00491. The summed E-state index contributed by atoms with van der Waals surface area (Å²) in [7, 11) is 0. The first kappa shape index (κ1) is 15.1. The molecule has 0 fully saturated rings. The maximum Gasteiger partial charge on any atom is 0.416 e. The van der Waals surface area contributed by atoms with Gasteiger partial charge in [-0.25, -0.2) is 8.78 Å². The van der Waals surface area contributed by atoms with Crippen molar-refractivity contribution in [2.24, 2.45) is 0 Å². The molecule has 1 aromatic carbocycles. The second kappa shape index (κ2) is 5.77. The third-order valence-corrected chi connectivity index (χ3v) is 2.83. The predicted molar refractivity (Wildman–Crippen MR) is 58.9 cm³/mol. The molecule has 100 valence electrons. The summed E-state index contributed by atoms with van der Waals surface area (Å²) in [5.41, 5.74) is -2.40. The second-order valence-electron chi connectivity index (χ2n) is 3.57. The highest BCUT2D eigenvalue weighted by molar-refractivity contribution is 9.09. The monoisotopic (exact) mass is 330 g/mol. The van der Waals surface area contributed by atoms with Crippen molar-refractivity contribution in [2.75, 3.05) is 5.33 Å². The van der Waals surface area contributed by atoms with Crippen LogP contribution in [0.1, 0.15) is 23.1 Å². The van der Waals surface area contributed by atoms with Crippen molar-refractivity contribution < 1.29 is 26.7 Å². The minimum Gasteiger partial charge on any atom is -0.298 e. The van der Waals surface area contributed by atoms with E-state index in [0.29, 0.717) is 12.1 Å². The summed E-state index contributed by atoms with van der Waals surface area (Å²) in [5.74, 6) is -0.326. The molecule has 0 aliphatic heterocycles. The number of ketones is 1. The zero-order valence-corrected chi connectivity index (χ0v) is 10.5. The summed E-state index contributed by atoms with van der Waals surface area (Å²) in [6.45, 7) is 0. The van der Waals surface area contributed by atoms with E-state index in [2.05, 4.69) is 15.9 Å². The Morgan fingerprint density at radius 3 is 2.33 bits per heavy atom. The Kier molecular flexibility index (Phi) is 4.84. The number of hydrogen-bond donors (Lipinski definition) is 0. The van der Waals surface area contributed by atoms with Crippen molar-refractivity contribution in [2.45, 2.75) is 19.0 Å². The number of benzene rings is 1. The highest BCUT2D eigenvalue weighted by atomic mass is 79.9. The molecular weight excluding hydrogens is 323 g/mol. The summed E-state index contributed by atoms with van der Waals surface area (Å²) >= 11 is 2.88. The van der Waals surface area contributed by atoms with E-state index >= 15 is 0 Å². The molecule has 0 aliphatic rings. The van der Waals surface area contributed by atoms with Gasteiger partial charge in [-0.3, -0.25) is 4.79 Å². The summed E-state index contributed by atoms with van der Waals surface area (Å²) in [4.78, 5) is 11.1. The second-order valence-corrected chi connectivity index (χ2v) is 4.13. The topological polar surface area (TPSA) is 17.1 Å². The van der Waals surface area contributed by atoms with E-state index in [-0.39, 0.29) is 23.1 Å². The lowest BCUT2D eigenvalue weighted by Gasteiger charge is -2.13. The molecule has 0 bridgehead atoms. The molecule has 0 amide bonds. The van der Waals surface area contributed by atoms with Crippen LogP contribution in [0.15, 0.2) is 18.2 Å². The normalized spacial score (nSPS) is 11.9. The molecule has 0 saturated carbocycles. The van der Waals surface area contributed by atoms with Gasteiger partial charge in [-0.1, -0.05) is 28.1 Å². The molecule has 1 rings (SSSR count). The predicted octanol–water partition coefficient (Wildman–Crippen LogP) is 4.15. The minimum atomic E-state index is -4.86. The van der Waals surface area contributed by atoms with E-state index in [1.807, 2.05) is 0 Å². The third kappa shape index (κ3) is 3.76. The van der Waals surface area contributed by atoms with E-state index in [1.165, 1.54) is 0 Å². The molecule has 0 aromatic heterocycles. The number of Topliss-reactive ketones (excluding diaryl/α,β-unsaturated/α-hetero) is 1. The number of rotatable bonds is 4. The molecule has 0 heterocycles. The maximum absolute atomic E-state index is 12.6. The molecule has 0 N–H and O–H groups in total. The average Bonchev–Trinajstić information content (AvgIpc) is 2.27. The van der Waals surface area contributed by atoms with Crippen LogP contribution < -0.4 is 0 Å². The van der Waals surface area contributed by atoms with Gasteiger partial charge < -0.3 is 0 Å². The van der Waals surface area contributed by atoms with Gasteiger partial charge in [0.2, 0.25) is 0 Å². The first-order valence-corrected chi connectivity index (χ1v) is 5.93. The SMILES string of the molecule is O=C(CBr)Cc1ccc(C(F)F)c(C(F)(F)F)c1. The largest absolute Gasteiger partial charge is 0.416 e. The van der Waals surface area contributed by atoms with Gasteiger partial charge in [0.1, 0.15) is 5.78 Å². The van der Waals surface area contributed by atoms with Crippen molar-refractivity contribution in [3.05, 3.63) is 34.9 Å². The van der Waals surface area contributed by atoms with Crippen LogP contribution in [0, 0.1) is 0 Å². The quantitative estimate of drug-likeness (QED) is 0.598. The summed E-state index contributed by atoms with van der Waals surface area (Å²) in [6, 6.07) is 2.42. The van der Waals surface area contributed by atoms with E-state index < -0.39 is 23.7 Å². The van der Waals surface area contributed by atoms with E-state index in [9.17, 15) is 26.7 Å². The van der Waals surface area contributed by atoms with Gasteiger partial charge >= 0.3 is 6.18 Å². The Balaban J connectivity index is 3.18. The number of hydrogen-bond acceptors (Lipinski definition) is 1. The average molecular weight is 331 g/mol. The number of carbonyl (C=O) groups is 1. The highest BCUT2D eigenvalue weighted by Gasteiger charge is 2.35. The van der Waals surface area contributed by atoms with Crippen LogP contribution in [0.2, 0.25) is 0 Å². The van der Waals surface area contributed by atoms with Gasteiger partial charge in [-0.2, -0.15) is 13.2 Å². The molecule has 0 spiro atoms. The fourth-order valence-electron chi connectivity index (χ4n) is 1.42. The van der Waals surface area contributed by atoms with Gasteiger partial charge in [0.05, 0.1) is 10.9 Å². The van der Waals surface area contributed by atoms with Crippen LogP contribution in [-0.2, 0) is 17.4 Å². The Bertz CT molecular complexity index is 442. The Morgan fingerprint density at radius 1 is 1.28 bits per heavy atom. The van der Waals surface area contributed by atoms with Crippen LogP contribution in [0.4, 0.5) is 22.0 Å². The fourth-order valence-corrected chi connectivity index (χ4v) is 1.62. The molecule has 7 heteroatoms. The van der Waals surface area contributed by atoms with Gasteiger partial charge in [0.15, 0.2) is 0 Å². The third-order valence-electron chi connectivity index (χ3n) is 2.21. The Hall–Kier alpha value is -0.980. The van der Waals surface area contributed by atoms with Gasteiger partial charge in [0, 0.05) is 12.0 Å². The number of carbonyl (C=O) groups excluding carboxylic acids is 1. The highest BCUT2D eigenvalue weighted by Crippen LogP contribution is 2.36. The lowest BCUT2D eigenvalue weighted by atomic mass is 10.0. The van der Waals surface area contributed by atoms with E-state index in [4.69, 9.17) is 0 Å².